The summed E-state index contributed by atoms with van der Waals surface area (Å²) in [5, 5.41) is 19.2. The molecule has 0 spiro atoms. The van der Waals surface area contributed by atoms with Gasteiger partial charge in [-0.05, 0) is 38.5 Å². The van der Waals surface area contributed by atoms with E-state index in [0.717, 1.165) is 44.9 Å². The van der Waals surface area contributed by atoms with Gasteiger partial charge >= 0.3 is 19.8 Å². The summed E-state index contributed by atoms with van der Waals surface area (Å²) in [5.74, 6) is -1.01. The van der Waals surface area contributed by atoms with Crippen LogP contribution in [-0.2, 0) is 32.7 Å². The van der Waals surface area contributed by atoms with Crippen LogP contribution in [0.5, 0.6) is 0 Å². The van der Waals surface area contributed by atoms with Crippen molar-refractivity contribution in [1.82, 2.24) is 0 Å². The highest BCUT2D eigenvalue weighted by molar-refractivity contribution is 7.47. The predicted octanol–water partition coefficient (Wildman–Crippen LogP) is 13.6. The number of hydrogen-bond donors (Lipinski definition) is 3. The van der Waals surface area contributed by atoms with Gasteiger partial charge in [0, 0.05) is 12.8 Å². The molecular formula is C48H93O10P. The van der Waals surface area contributed by atoms with Gasteiger partial charge in [-0.3, -0.25) is 18.6 Å². The maximum absolute atomic E-state index is 12.4. The molecule has 0 bridgehead atoms. The smallest absolute Gasteiger partial charge is 0.457 e. The van der Waals surface area contributed by atoms with E-state index in [4.69, 9.17) is 18.5 Å². The van der Waals surface area contributed by atoms with Gasteiger partial charge < -0.3 is 24.6 Å². The van der Waals surface area contributed by atoms with Crippen molar-refractivity contribution < 1.29 is 47.8 Å². The van der Waals surface area contributed by atoms with Gasteiger partial charge in [0.1, 0.15) is 12.2 Å². The summed E-state index contributed by atoms with van der Waals surface area (Å²) in [5.41, 5.74) is 0. The molecule has 0 heterocycles. The van der Waals surface area contributed by atoms with Gasteiger partial charge in [-0.25, -0.2) is 4.57 Å². The molecule has 0 rings (SSSR count). The standard InChI is InChI=1S/C48H93O10P/c1-3-5-7-9-11-13-15-17-19-21-23-25-27-29-31-33-35-37-39-47(51)57-45(41-49)43-55-59(53,54)56-44-46(42-50)58-48(52)40-38-36-34-32-30-28-26-24-22-20-18-16-14-12-10-8-6-4-2/h19,21,45-46,49-50H,3-18,20,22-44H2,1-2H3,(H,53,54)/b21-19-. The highest BCUT2D eigenvalue weighted by Gasteiger charge is 2.27. The number of rotatable bonds is 47. The van der Waals surface area contributed by atoms with Crippen LogP contribution in [0.1, 0.15) is 245 Å². The van der Waals surface area contributed by atoms with E-state index in [1.54, 1.807) is 0 Å². The number of carbonyl (C=O) groups is 2. The quantitative estimate of drug-likeness (QED) is 0.0234. The largest absolute Gasteiger partial charge is 0.472 e. The second kappa shape index (κ2) is 44.8. The summed E-state index contributed by atoms with van der Waals surface area (Å²) in [6.07, 6.45) is 44.7. The minimum absolute atomic E-state index is 0.191. The van der Waals surface area contributed by atoms with Crippen molar-refractivity contribution in [1.29, 1.82) is 0 Å². The first-order valence-corrected chi connectivity index (χ1v) is 26.1. The molecule has 59 heavy (non-hydrogen) atoms. The highest BCUT2D eigenvalue weighted by Crippen LogP contribution is 2.43. The maximum atomic E-state index is 12.4. The van der Waals surface area contributed by atoms with E-state index in [9.17, 15) is 29.3 Å². The average Bonchev–Trinajstić information content (AvgIpc) is 3.22. The van der Waals surface area contributed by atoms with Crippen LogP contribution >= 0.6 is 7.82 Å². The fourth-order valence-corrected chi connectivity index (χ4v) is 7.95. The van der Waals surface area contributed by atoms with Gasteiger partial charge in [0.15, 0.2) is 0 Å². The summed E-state index contributed by atoms with van der Waals surface area (Å²) in [7, 11) is -4.64. The van der Waals surface area contributed by atoms with Crippen molar-refractivity contribution in [3.63, 3.8) is 0 Å². The van der Waals surface area contributed by atoms with Crippen LogP contribution in [0.4, 0.5) is 0 Å². The Bertz CT molecular complexity index is 993. The van der Waals surface area contributed by atoms with Crippen LogP contribution < -0.4 is 0 Å². The molecule has 0 aliphatic rings. The zero-order chi connectivity index (χ0) is 43.3. The lowest BCUT2D eigenvalue weighted by Gasteiger charge is -2.20. The second-order valence-corrected chi connectivity index (χ2v) is 18.3. The fraction of sp³-hybridized carbons (Fsp3) is 0.917. The van der Waals surface area contributed by atoms with Crippen LogP contribution in [0.2, 0.25) is 0 Å². The van der Waals surface area contributed by atoms with E-state index in [1.165, 1.54) is 161 Å². The molecule has 0 saturated carbocycles. The Morgan fingerprint density at radius 3 is 0.966 bits per heavy atom. The number of allylic oxidation sites excluding steroid dienone is 2. The van der Waals surface area contributed by atoms with Crippen molar-refractivity contribution in [2.75, 3.05) is 26.4 Å². The van der Waals surface area contributed by atoms with E-state index in [0.29, 0.717) is 12.8 Å². The Morgan fingerprint density at radius 2 is 0.695 bits per heavy atom. The van der Waals surface area contributed by atoms with E-state index in [-0.39, 0.29) is 12.8 Å². The summed E-state index contributed by atoms with van der Waals surface area (Å²) in [6.45, 7) is 2.25. The van der Waals surface area contributed by atoms with Gasteiger partial charge in [0.25, 0.3) is 0 Å². The molecule has 3 unspecified atom stereocenters. The molecule has 350 valence electrons. The number of ether oxygens (including phenoxy) is 2. The average molecular weight is 861 g/mol. The lowest BCUT2D eigenvalue weighted by molar-refractivity contribution is -0.153. The molecule has 0 aliphatic carbocycles. The number of unbranched alkanes of at least 4 members (excludes halogenated alkanes) is 31. The van der Waals surface area contributed by atoms with Crippen molar-refractivity contribution in [3.8, 4) is 0 Å². The van der Waals surface area contributed by atoms with Crippen LogP contribution in [0.15, 0.2) is 12.2 Å². The topological polar surface area (TPSA) is 149 Å². The molecule has 0 radical (unpaired) electrons. The van der Waals surface area contributed by atoms with Crippen molar-refractivity contribution in [2.24, 2.45) is 0 Å². The Kier molecular flexibility index (Phi) is 43.8. The number of phosphoric acid groups is 1. The number of hydrogen-bond acceptors (Lipinski definition) is 9. The lowest BCUT2D eigenvalue weighted by atomic mass is 10.0. The Hall–Kier alpha value is -1.29. The van der Waals surface area contributed by atoms with Crippen molar-refractivity contribution >= 4 is 19.8 Å². The van der Waals surface area contributed by atoms with E-state index in [1.807, 2.05) is 0 Å². The van der Waals surface area contributed by atoms with Crippen LogP contribution in [-0.4, -0.2) is 65.7 Å². The number of esters is 2. The Balaban J connectivity index is 3.84. The highest BCUT2D eigenvalue weighted by atomic mass is 31.2. The van der Waals surface area contributed by atoms with Crippen molar-refractivity contribution in [2.45, 2.75) is 257 Å². The number of aliphatic hydroxyl groups excluding tert-OH is 2. The monoisotopic (exact) mass is 861 g/mol. The minimum Gasteiger partial charge on any atom is -0.457 e. The van der Waals surface area contributed by atoms with Gasteiger partial charge in [-0.2, -0.15) is 0 Å². The first-order chi connectivity index (χ1) is 28.8. The van der Waals surface area contributed by atoms with Gasteiger partial charge in [0.05, 0.1) is 26.4 Å². The zero-order valence-corrected chi connectivity index (χ0v) is 39.1. The molecule has 0 saturated heterocycles. The molecule has 10 nitrogen and oxygen atoms in total. The van der Waals surface area contributed by atoms with Crippen molar-refractivity contribution in [3.05, 3.63) is 12.2 Å². The molecule has 0 aromatic rings. The summed E-state index contributed by atoms with van der Waals surface area (Å²) in [6, 6.07) is 0. The first kappa shape index (κ1) is 57.7. The summed E-state index contributed by atoms with van der Waals surface area (Å²) >= 11 is 0. The molecule has 0 fully saturated rings. The number of aliphatic hydroxyl groups is 2. The van der Waals surface area contributed by atoms with Crippen LogP contribution in [0.25, 0.3) is 0 Å². The van der Waals surface area contributed by atoms with Gasteiger partial charge in [-0.15, -0.1) is 0 Å². The van der Waals surface area contributed by atoms with Crippen LogP contribution in [0.3, 0.4) is 0 Å². The molecule has 0 amide bonds. The minimum atomic E-state index is -4.64. The molecule has 0 aromatic heterocycles. The molecule has 11 heteroatoms. The molecule has 0 aromatic carbocycles. The van der Waals surface area contributed by atoms with Gasteiger partial charge in [0.2, 0.25) is 0 Å². The zero-order valence-electron chi connectivity index (χ0n) is 38.2. The summed E-state index contributed by atoms with van der Waals surface area (Å²) in [4.78, 5) is 34.6. The number of phosphoric ester groups is 1. The Morgan fingerprint density at radius 1 is 0.441 bits per heavy atom. The van der Waals surface area contributed by atoms with E-state index >= 15 is 0 Å². The van der Waals surface area contributed by atoms with Crippen LogP contribution in [0, 0.1) is 0 Å². The fourth-order valence-electron chi connectivity index (χ4n) is 7.17. The SMILES string of the molecule is CCCCCCCCC/C=C\CCCCCCCCCC(=O)OC(CO)COP(=O)(O)OCC(CO)OC(=O)CCCCCCCCCCCCCCCCCCCC. The third kappa shape index (κ3) is 43.2. The van der Waals surface area contributed by atoms with E-state index < -0.39 is 58.4 Å². The normalized spacial score (nSPS) is 13.8. The molecule has 0 aliphatic heterocycles. The molecular weight excluding hydrogens is 767 g/mol. The third-order valence-corrected chi connectivity index (χ3v) is 11.9. The summed E-state index contributed by atoms with van der Waals surface area (Å²) < 4.78 is 32.7. The van der Waals surface area contributed by atoms with Gasteiger partial charge in [-0.1, -0.05) is 206 Å². The second-order valence-electron chi connectivity index (χ2n) is 16.8. The lowest BCUT2D eigenvalue weighted by Crippen LogP contribution is -2.28. The maximum Gasteiger partial charge on any atom is 0.472 e. The molecule has 3 atom stereocenters. The van der Waals surface area contributed by atoms with E-state index in [2.05, 4.69) is 26.0 Å². The number of carbonyl (C=O) groups excluding carboxylic acids is 2. The Labute approximate surface area is 362 Å². The first-order valence-electron chi connectivity index (χ1n) is 24.6. The molecule has 3 N–H and O–H groups in total. The predicted molar refractivity (Wildman–Crippen MR) is 242 cm³/mol. The third-order valence-electron chi connectivity index (χ3n) is 11.0.